The first-order chi connectivity index (χ1) is 7.41. The Labute approximate surface area is 99.6 Å². The Hall–Kier alpha value is -1.13. The van der Waals surface area contributed by atoms with Crippen molar-refractivity contribution in [2.24, 2.45) is 0 Å². The van der Waals surface area contributed by atoms with Crippen molar-refractivity contribution in [3.8, 4) is 0 Å². The summed E-state index contributed by atoms with van der Waals surface area (Å²) in [5.74, 6) is -0.328. The number of carbonyl (C=O) groups is 1. The standard InChI is InChI=1S/C11H15ClN2O2/c1-6-4-5-9(10(12)13-6)11(16)14-7(2)8(3)15/h4-5,7-8,15H,1-3H3,(H,14,16). The smallest absolute Gasteiger partial charge is 0.254 e. The predicted octanol–water partition coefficient (Wildman–Crippen LogP) is 1.54. The van der Waals surface area contributed by atoms with Crippen LogP contribution in [0.15, 0.2) is 12.1 Å². The number of hydrogen-bond donors (Lipinski definition) is 2. The molecule has 0 spiro atoms. The molecule has 0 bridgehead atoms. The summed E-state index contributed by atoms with van der Waals surface area (Å²) in [6.07, 6.45) is -0.610. The quantitative estimate of drug-likeness (QED) is 0.791. The van der Waals surface area contributed by atoms with Gasteiger partial charge in [-0.15, -0.1) is 0 Å². The van der Waals surface area contributed by atoms with Crippen molar-refractivity contribution in [1.82, 2.24) is 10.3 Å². The third-order valence-electron chi connectivity index (χ3n) is 2.31. The highest BCUT2D eigenvalue weighted by Gasteiger charge is 2.16. The molecule has 0 aliphatic carbocycles. The molecule has 0 aromatic carbocycles. The van der Waals surface area contributed by atoms with E-state index in [0.717, 1.165) is 5.69 Å². The molecule has 1 amide bonds. The molecule has 0 fully saturated rings. The summed E-state index contributed by atoms with van der Waals surface area (Å²) >= 11 is 5.85. The second-order valence-corrected chi connectivity index (χ2v) is 4.15. The number of aromatic nitrogens is 1. The zero-order chi connectivity index (χ0) is 12.3. The molecule has 4 nitrogen and oxygen atoms in total. The molecule has 0 aliphatic heterocycles. The van der Waals surface area contributed by atoms with Crippen LogP contribution in [-0.2, 0) is 0 Å². The van der Waals surface area contributed by atoms with Crippen LogP contribution in [0.3, 0.4) is 0 Å². The van der Waals surface area contributed by atoms with Gasteiger partial charge >= 0.3 is 0 Å². The molecule has 0 radical (unpaired) electrons. The molecule has 16 heavy (non-hydrogen) atoms. The average Bonchev–Trinajstić information content (AvgIpc) is 2.16. The lowest BCUT2D eigenvalue weighted by atomic mass is 10.2. The number of nitrogens with zero attached hydrogens (tertiary/aromatic N) is 1. The van der Waals surface area contributed by atoms with Gasteiger partial charge in [0.25, 0.3) is 5.91 Å². The SMILES string of the molecule is Cc1ccc(C(=O)NC(C)C(C)O)c(Cl)n1. The van der Waals surface area contributed by atoms with E-state index in [1.54, 1.807) is 32.9 Å². The lowest BCUT2D eigenvalue weighted by Crippen LogP contribution is -2.39. The number of aliphatic hydroxyl groups excluding tert-OH is 1. The average molecular weight is 243 g/mol. The molecule has 0 saturated heterocycles. The Morgan fingerprint density at radius 3 is 2.62 bits per heavy atom. The van der Waals surface area contributed by atoms with Crippen LogP contribution in [0.25, 0.3) is 0 Å². The zero-order valence-corrected chi connectivity index (χ0v) is 10.2. The molecule has 0 aliphatic rings. The van der Waals surface area contributed by atoms with Gasteiger partial charge in [0.2, 0.25) is 0 Å². The molecule has 1 aromatic heterocycles. The maximum Gasteiger partial charge on any atom is 0.254 e. The van der Waals surface area contributed by atoms with Crippen LogP contribution < -0.4 is 5.32 Å². The highest BCUT2D eigenvalue weighted by atomic mass is 35.5. The van der Waals surface area contributed by atoms with Gasteiger partial charge in [0.15, 0.2) is 0 Å². The van der Waals surface area contributed by atoms with Crippen molar-refractivity contribution in [2.75, 3.05) is 0 Å². The number of aryl methyl sites for hydroxylation is 1. The third-order valence-corrected chi connectivity index (χ3v) is 2.60. The van der Waals surface area contributed by atoms with Gasteiger partial charge in [-0.05, 0) is 32.9 Å². The van der Waals surface area contributed by atoms with Crippen molar-refractivity contribution in [3.05, 3.63) is 28.5 Å². The van der Waals surface area contributed by atoms with Gasteiger partial charge in [0.1, 0.15) is 5.15 Å². The van der Waals surface area contributed by atoms with E-state index in [0.29, 0.717) is 5.56 Å². The van der Waals surface area contributed by atoms with Crippen LogP contribution in [-0.4, -0.2) is 28.1 Å². The fourth-order valence-electron chi connectivity index (χ4n) is 1.10. The van der Waals surface area contributed by atoms with Gasteiger partial charge in [-0.3, -0.25) is 4.79 Å². The van der Waals surface area contributed by atoms with E-state index >= 15 is 0 Å². The second-order valence-electron chi connectivity index (χ2n) is 3.79. The van der Waals surface area contributed by atoms with Gasteiger partial charge in [0.05, 0.1) is 17.7 Å². The Bertz CT molecular complexity index is 394. The topological polar surface area (TPSA) is 62.2 Å². The van der Waals surface area contributed by atoms with Crippen molar-refractivity contribution in [1.29, 1.82) is 0 Å². The number of pyridine rings is 1. The molecule has 0 saturated carbocycles. The normalized spacial score (nSPS) is 14.3. The predicted molar refractivity (Wildman–Crippen MR) is 62.6 cm³/mol. The van der Waals surface area contributed by atoms with Crippen LogP contribution in [0.1, 0.15) is 29.9 Å². The summed E-state index contributed by atoms with van der Waals surface area (Å²) in [6.45, 7) is 5.13. The first-order valence-electron chi connectivity index (χ1n) is 5.04. The van der Waals surface area contributed by atoms with Crippen LogP contribution in [0, 0.1) is 6.92 Å². The largest absolute Gasteiger partial charge is 0.391 e. The molecular weight excluding hydrogens is 228 g/mol. The number of carbonyl (C=O) groups excluding carboxylic acids is 1. The van der Waals surface area contributed by atoms with Crippen LogP contribution in [0.2, 0.25) is 5.15 Å². The van der Waals surface area contributed by atoms with E-state index in [9.17, 15) is 9.90 Å². The summed E-state index contributed by atoms with van der Waals surface area (Å²) in [4.78, 5) is 15.7. The fraction of sp³-hybridized carbons (Fsp3) is 0.455. The van der Waals surface area contributed by atoms with Gasteiger partial charge in [-0.1, -0.05) is 11.6 Å². The zero-order valence-electron chi connectivity index (χ0n) is 9.49. The van der Waals surface area contributed by atoms with Gasteiger partial charge in [-0.25, -0.2) is 4.98 Å². The first-order valence-corrected chi connectivity index (χ1v) is 5.41. The molecule has 1 rings (SSSR count). The second kappa shape index (κ2) is 5.27. The van der Waals surface area contributed by atoms with Crippen molar-refractivity contribution in [2.45, 2.75) is 32.9 Å². The number of hydrogen-bond acceptors (Lipinski definition) is 3. The molecule has 2 atom stereocenters. The maximum absolute atomic E-state index is 11.7. The highest BCUT2D eigenvalue weighted by Crippen LogP contribution is 2.13. The lowest BCUT2D eigenvalue weighted by molar-refractivity contribution is 0.0873. The first kappa shape index (κ1) is 12.9. The summed E-state index contributed by atoms with van der Waals surface area (Å²) < 4.78 is 0. The Morgan fingerprint density at radius 2 is 2.12 bits per heavy atom. The van der Waals surface area contributed by atoms with Crippen LogP contribution in [0.4, 0.5) is 0 Å². The third kappa shape index (κ3) is 3.18. The Kier molecular flexibility index (Phi) is 4.26. The van der Waals surface area contributed by atoms with E-state index in [-0.39, 0.29) is 17.1 Å². The minimum atomic E-state index is -0.610. The lowest BCUT2D eigenvalue weighted by Gasteiger charge is -2.16. The molecule has 5 heteroatoms. The minimum Gasteiger partial charge on any atom is -0.391 e. The number of amides is 1. The van der Waals surface area contributed by atoms with Gasteiger partial charge in [0, 0.05) is 5.69 Å². The monoisotopic (exact) mass is 242 g/mol. The number of nitrogens with one attached hydrogen (secondary N) is 1. The van der Waals surface area contributed by atoms with Crippen molar-refractivity contribution >= 4 is 17.5 Å². The Morgan fingerprint density at radius 1 is 1.50 bits per heavy atom. The molecule has 88 valence electrons. The van der Waals surface area contributed by atoms with Crippen molar-refractivity contribution in [3.63, 3.8) is 0 Å². The summed E-state index contributed by atoms with van der Waals surface area (Å²) in [5.41, 5.74) is 1.07. The van der Waals surface area contributed by atoms with Crippen LogP contribution in [0.5, 0.6) is 0 Å². The summed E-state index contributed by atoms with van der Waals surface area (Å²) in [6, 6.07) is 3.01. The van der Waals surface area contributed by atoms with Crippen LogP contribution >= 0.6 is 11.6 Å². The molecular formula is C11H15ClN2O2. The highest BCUT2D eigenvalue weighted by molar-refractivity contribution is 6.32. The Balaban J connectivity index is 2.81. The summed E-state index contributed by atoms with van der Waals surface area (Å²) in [5, 5.41) is 12.1. The van der Waals surface area contributed by atoms with E-state index < -0.39 is 6.10 Å². The summed E-state index contributed by atoms with van der Waals surface area (Å²) in [7, 11) is 0. The van der Waals surface area contributed by atoms with Gasteiger partial charge < -0.3 is 10.4 Å². The van der Waals surface area contributed by atoms with E-state index in [4.69, 9.17) is 11.6 Å². The van der Waals surface area contributed by atoms with Gasteiger partial charge in [-0.2, -0.15) is 0 Å². The van der Waals surface area contributed by atoms with E-state index in [1.165, 1.54) is 0 Å². The molecule has 1 heterocycles. The fourth-order valence-corrected chi connectivity index (χ4v) is 1.38. The van der Waals surface area contributed by atoms with E-state index in [1.807, 2.05) is 0 Å². The minimum absolute atomic E-state index is 0.176. The number of aliphatic hydroxyl groups is 1. The molecule has 2 unspecified atom stereocenters. The van der Waals surface area contributed by atoms with Crippen molar-refractivity contribution < 1.29 is 9.90 Å². The molecule has 2 N–H and O–H groups in total. The number of halogens is 1. The van der Waals surface area contributed by atoms with E-state index in [2.05, 4.69) is 10.3 Å². The number of rotatable bonds is 3. The maximum atomic E-state index is 11.7. The molecule has 1 aromatic rings.